The van der Waals surface area contributed by atoms with Gasteiger partial charge in [-0.2, -0.15) is 0 Å². The molecule has 0 atom stereocenters. The Bertz CT molecular complexity index is 643. The van der Waals surface area contributed by atoms with Crippen LogP contribution in [0.5, 0.6) is 5.75 Å². The molecule has 0 aromatic heterocycles. The Balaban J connectivity index is 2.33. The summed E-state index contributed by atoms with van der Waals surface area (Å²) in [5.41, 5.74) is 1.15. The van der Waals surface area contributed by atoms with E-state index in [-0.39, 0.29) is 10.7 Å². The first-order chi connectivity index (χ1) is 10.6. The molecule has 0 amide bonds. The van der Waals surface area contributed by atoms with Crippen molar-refractivity contribution in [3.05, 3.63) is 45.9 Å². The van der Waals surface area contributed by atoms with Gasteiger partial charge in [-0.15, -0.1) is 0 Å². The second-order valence-corrected chi connectivity index (χ2v) is 5.30. The molecule has 2 rings (SSSR count). The molecule has 1 aromatic carbocycles. The molecule has 22 heavy (non-hydrogen) atoms. The number of esters is 1. The number of Topliss-reactive ketones (excluding diaryl/α,β-unsaturated/α-hetero) is 1. The van der Waals surface area contributed by atoms with Gasteiger partial charge in [-0.1, -0.05) is 12.1 Å². The van der Waals surface area contributed by atoms with Crippen molar-refractivity contribution >= 4 is 29.1 Å². The number of carbonyl (C=O) groups is 2. The van der Waals surface area contributed by atoms with Gasteiger partial charge in [0.05, 0.1) is 31.3 Å². The summed E-state index contributed by atoms with van der Waals surface area (Å²) >= 11 is 1.12. The van der Waals surface area contributed by atoms with Gasteiger partial charge in [0, 0.05) is 6.08 Å². The summed E-state index contributed by atoms with van der Waals surface area (Å²) in [7, 11) is 2.76. The number of hydrogen-bond donors (Lipinski definition) is 0. The zero-order valence-corrected chi connectivity index (χ0v) is 13.4. The molecule has 0 saturated heterocycles. The first-order valence-corrected chi connectivity index (χ1v) is 7.46. The minimum Gasteiger partial charge on any atom is -0.494 e. The van der Waals surface area contributed by atoms with Crippen LogP contribution in [-0.2, 0) is 19.1 Å². The molecule has 0 fully saturated rings. The molecule has 0 radical (unpaired) electrons. The van der Waals surface area contributed by atoms with Gasteiger partial charge in [0.1, 0.15) is 5.75 Å². The lowest BCUT2D eigenvalue weighted by Crippen LogP contribution is -2.03. The number of carbonyl (C=O) groups excluding carboxylic acids is 2. The summed E-state index contributed by atoms with van der Waals surface area (Å²) in [5, 5.41) is 0.462. The lowest BCUT2D eigenvalue weighted by molar-refractivity contribution is -0.135. The van der Waals surface area contributed by atoms with Crippen LogP contribution < -0.4 is 4.74 Å². The maximum absolute atomic E-state index is 12.5. The van der Waals surface area contributed by atoms with Crippen molar-refractivity contribution in [2.45, 2.75) is 6.92 Å². The van der Waals surface area contributed by atoms with Crippen LogP contribution in [0.4, 0.5) is 0 Å². The number of ketones is 1. The largest absolute Gasteiger partial charge is 0.494 e. The quantitative estimate of drug-likeness (QED) is 0.614. The monoisotopic (exact) mass is 320 g/mol. The highest BCUT2D eigenvalue weighted by Gasteiger charge is 2.32. The van der Waals surface area contributed by atoms with Gasteiger partial charge >= 0.3 is 5.97 Å². The molecule has 0 unspecified atom stereocenters. The maximum atomic E-state index is 12.5. The van der Waals surface area contributed by atoms with Crippen LogP contribution in [0.25, 0.3) is 5.57 Å². The van der Waals surface area contributed by atoms with Gasteiger partial charge in [0.2, 0.25) is 5.78 Å². The van der Waals surface area contributed by atoms with E-state index >= 15 is 0 Å². The number of rotatable bonds is 5. The van der Waals surface area contributed by atoms with Crippen molar-refractivity contribution in [3.8, 4) is 5.75 Å². The highest BCUT2D eigenvalue weighted by molar-refractivity contribution is 8.08. The summed E-state index contributed by atoms with van der Waals surface area (Å²) < 4.78 is 15.2. The van der Waals surface area contributed by atoms with Crippen LogP contribution in [0.2, 0.25) is 0 Å². The Labute approximate surface area is 132 Å². The third-order valence-electron chi connectivity index (χ3n) is 2.95. The Hall–Kier alpha value is -2.21. The number of methoxy groups -OCH3 is 2. The summed E-state index contributed by atoms with van der Waals surface area (Å²) in [6, 6.07) is 7.16. The first kappa shape index (κ1) is 16.2. The smallest absolute Gasteiger partial charge is 0.331 e. The van der Waals surface area contributed by atoms with E-state index in [1.807, 2.05) is 6.92 Å². The van der Waals surface area contributed by atoms with E-state index in [2.05, 4.69) is 4.74 Å². The zero-order chi connectivity index (χ0) is 16.1. The van der Waals surface area contributed by atoms with Crippen LogP contribution in [0.1, 0.15) is 12.5 Å². The Morgan fingerprint density at radius 3 is 2.45 bits per heavy atom. The van der Waals surface area contributed by atoms with Crippen molar-refractivity contribution in [2.24, 2.45) is 0 Å². The molecule has 0 aliphatic carbocycles. The summed E-state index contributed by atoms with van der Waals surface area (Å²) in [6.07, 6.45) is 1.17. The molecular weight excluding hydrogens is 304 g/mol. The van der Waals surface area contributed by atoms with Gasteiger partial charge in [0.15, 0.2) is 5.09 Å². The number of benzene rings is 1. The molecule has 1 aliphatic heterocycles. The molecule has 0 bridgehead atoms. The van der Waals surface area contributed by atoms with Crippen molar-refractivity contribution in [2.75, 3.05) is 20.8 Å². The predicted molar refractivity (Wildman–Crippen MR) is 84.2 cm³/mol. The van der Waals surface area contributed by atoms with Crippen molar-refractivity contribution in [3.63, 3.8) is 0 Å². The highest BCUT2D eigenvalue weighted by Crippen LogP contribution is 2.43. The normalized spacial score (nSPS) is 16.1. The molecule has 1 aliphatic rings. The number of hydrogen-bond acceptors (Lipinski definition) is 6. The van der Waals surface area contributed by atoms with Crippen LogP contribution in [-0.4, -0.2) is 32.6 Å². The van der Waals surface area contributed by atoms with Crippen LogP contribution in [0.15, 0.2) is 40.3 Å². The molecule has 0 spiro atoms. The molecular formula is C16H16O5S. The van der Waals surface area contributed by atoms with E-state index in [1.165, 1.54) is 20.3 Å². The third-order valence-corrected chi connectivity index (χ3v) is 4.03. The van der Waals surface area contributed by atoms with Crippen LogP contribution in [0.3, 0.4) is 0 Å². The molecule has 0 N–H and O–H groups in total. The highest BCUT2D eigenvalue weighted by atomic mass is 32.2. The number of ether oxygens (including phenoxy) is 3. The zero-order valence-electron chi connectivity index (χ0n) is 12.5. The molecule has 0 saturated carbocycles. The molecule has 5 nitrogen and oxygen atoms in total. The fraction of sp³-hybridized carbons (Fsp3) is 0.250. The van der Waals surface area contributed by atoms with Crippen molar-refractivity contribution in [1.82, 2.24) is 0 Å². The molecule has 1 aromatic rings. The number of allylic oxidation sites excluding steroid dienone is 2. The molecule has 116 valence electrons. The molecule has 6 heteroatoms. The van der Waals surface area contributed by atoms with E-state index in [9.17, 15) is 9.59 Å². The summed E-state index contributed by atoms with van der Waals surface area (Å²) in [5.74, 6) is -0.0927. The summed E-state index contributed by atoms with van der Waals surface area (Å²) in [4.78, 5) is 24.1. The topological polar surface area (TPSA) is 61.8 Å². The van der Waals surface area contributed by atoms with Gasteiger partial charge in [-0.05, 0) is 36.4 Å². The standard InChI is InChI=1S/C16H16O5S/c1-4-21-11-7-5-10(6-8-11)14-15(18)12(9-13(17)19-2)22-16(14)20-3/h5-9H,4H2,1-3H3/b12-9-. The second kappa shape index (κ2) is 7.17. The minimum absolute atomic E-state index is 0.253. The lowest BCUT2D eigenvalue weighted by Gasteiger charge is -2.06. The lowest BCUT2D eigenvalue weighted by atomic mass is 10.0. The number of thioether (sulfide) groups is 1. The van der Waals surface area contributed by atoms with E-state index < -0.39 is 5.97 Å². The van der Waals surface area contributed by atoms with E-state index in [4.69, 9.17) is 9.47 Å². The summed E-state index contributed by atoms with van der Waals surface area (Å²) in [6.45, 7) is 2.48. The third kappa shape index (κ3) is 3.33. The SMILES string of the molecule is CCOc1ccc(C2=C(OC)S/C(=C\C(=O)OC)C2=O)cc1. The maximum Gasteiger partial charge on any atom is 0.331 e. The molecule has 1 heterocycles. The Morgan fingerprint density at radius 1 is 1.23 bits per heavy atom. The van der Waals surface area contributed by atoms with Gasteiger partial charge in [-0.3, -0.25) is 4.79 Å². The first-order valence-electron chi connectivity index (χ1n) is 6.64. The van der Waals surface area contributed by atoms with Crippen molar-refractivity contribution in [1.29, 1.82) is 0 Å². The average Bonchev–Trinajstić information content (AvgIpc) is 2.84. The van der Waals surface area contributed by atoms with Gasteiger partial charge < -0.3 is 14.2 Å². The van der Waals surface area contributed by atoms with Crippen molar-refractivity contribution < 1.29 is 23.8 Å². The van der Waals surface area contributed by atoms with Gasteiger partial charge in [-0.25, -0.2) is 4.79 Å². The van der Waals surface area contributed by atoms with Crippen LogP contribution >= 0.6 is 11.8 Å². The van der Waals surface area contributed by atoms with E-state index in [1.54, 1.807) is 24.3 Å². The fourth-order valence-electron chi connectivity index (χ4n) is 1.95. The predicted octanol–water partition coefficient (Wildman–Crippen LogP) is 2.77. The van der Waals surface area contributed by atoms with E-state index in [0.29, 0.717) is 22.8 Å². The van der Waals surface area contributed by atoms with Gasteiger partial charge in [0.25, 0.3) is 0 Å². The Morgan fingerprint density at radius 2 is 1.91 bits per heavy atom. The second-order valence-electron chi connectivity index (χ2n) is 4.29. The minimum atomic E-state index is -0.570. The Kier molecular flexibility index (Phi) is 5.27. The van der Waals surface area contributed by atoms with E-state index in [0.717, 1.165) is 17.5 Å². The average molecular weight is 320 g/mol. The van der Waals surface area contributed by atoms with Crippen LogP contribution in [0, 0.1) is 0 Å². The fourth-order valence-corrected chi connectivity index (χ4v) is 2.90.